The van der Waals surface area contributed by atoms with E-state index in [9.17, 15) is 19.0 Å². The molecule has 6 heteroatoms. The van der Waals surface area contributed by atoms with Gasteiger partial charge >= 0.3 is 0 Å². The molecule has 2 unspecified atom stereocenters. The van der Waals surface area contributed by atoms with Crippen molar-refractivity contribution in [3.63, 3.8) is 0 Å². The number of fused-ring (bicyclic) bond motifs is 2. The average Bonchev–Trinajstić information content (AvgIpc) is 2.99. The molecule has 0 radical (unpaired) electrons. The summed E-state index contributed by atoms with van der Waals surface area (Å²) in [7, 11) is 0. The zero-order valence-corrected chi connectivity index (χ0v) is 12.5. The molecule has 1 aromatic heterocycles. The second kappa shape index (κ2) is 5.19. The Morgan fingerprint density at radius 1 is 0.870 bits per heavy atom. The van der Waals surface area contributed by atoms with E-state index in [4.69, 9.17) is 0 Å². The van der Waals surface area contributed by atoms with E-state index in [1.807, 2.05) is 0 Å². The Kier molecular flexibility index (Phi) is 3.26. The summed E-state index contributed by atoms with van der Waals surface area (Å²) in [5, 5.41) is 21.5. The highest BCUT2D eigenvalue weighted by atomic mass is 32.1. The first kappa shape index (κ1) is 14.4. The van der Waals surface area contributed by atoms with Gasteiger partial charge in [-0.05, 0) is 47.5 Å². The molecule has 23 heavy (non-hydrogen) atoms. The normalized spacial score (nSPS) is 19.3. The highest BCUT2D eigenvalue weighted by molar-refractivity contribution is 7.15. The Labute approximate surface area is 134 Å². The second-order valence-electron chi connectivity index (χ2n) is 5.35. The van der Waals surface area contributed by atoms with Gasteiger partial charge in [0.1, 0.15) is 28.8 Å². The summed E-state index contributed by atoms with van der Waals surface area (Å²) in [6.07, 6.45) is -2.06. The van der Waals surface area contributed by atoms with Crippen LogP contribution in [0.25, 0.3) is 10.6 Å². The predicted octanol–water partition coefficient (Wildman–Crippen LogP) is 3.57. The molecule has 1 heterocycles. The number of thiazole rings is 1. The van der Waals surface area contributed by atoms with Crippen molar-refractivity contribution in [2.45, 2.75) is 12.2 Å². The van der Waals surface area contributed by atoms with Gasteiger partial charge in [-0.25, -0.2) is 13.8 Å². The molecule has 0 spiro atoms. The van der Waals surface area contributed by atoms with E-state index < -0.39 is 18.0 Å². The average molecular weight is 331 g/mol. The van der Waals surface area contributed by atoms with Gasteiger partial charge in [0.15, 0.2) is 0 Å². The number of halogens is 2. The Hall–Kier alpha value is -2.15. The van der Waals surface area contributed by atoms with Crippen LogP contribution in [0.15, 0.2) is 42.5 Å². The van der Waals surface area contributed by atoms with E-state index >= 15 is 0 Å². The SMILES string of the molecule is OC1c2cc(F)ccc2C(O)c2sc(-c3ccc(F)cc3)nc21. The molecule has 4 rings (SSSR count). The van der Waals surface area contributed by atoms with Crippen LogP contribution in [0.5, 0.6) is 0 Å². The molecule has 0 saturated carbocycles. The van der Waals surface area contributed by atoms with Crippen molar-refractivity contribution >= 4 is 11.3 Å². The lowest BCUT2D eigenvalue weighted by Crippen LogP contribution is -2.16. The van der Waals surface area contributed by atoms with Crippen LogP contribution in [0.4, 0.5) is 8.78 Å². The van der Waals surface area contributed by atoms with Crippen LogP contribution in [-0.2, 0) is 0 Å². The number of aliphatic hydroxyl groups is 2. The molecule has 1 aliphatic rings. The summed E-state index contributed by atoms with van der Waals surface area (Å²) < 4.78 is 26.5. The van der Waals surface area contributed by atoms with Crippen molar-refractivity contribution in [3.8, 4) is 10.6 Å². The first-order valence-corrected chi connectivity index (χ1v) is 7.78. The maximum absolute atomic E-state index is 13.4. The fourth-order valence-electron chi connectivity index (χ4n) is 2.77. The topological polar surface area (TPSA) is 53.4 Å². The molecule has 2 aromatic carbocycles. The molecule has 2 atom stereocenters. The largest absolute Gasteiger partial charge is 0.383 e. The standard InChI is InChI=1S/C17H11F2NO2S/c18-9-3-1-8(2-4-9)17-20-13-14(21)12-7-10(19)5-6-11(12)15(22)16(13)23-17/h1-7,14-15,21-22H. The zero-order valence-electron chi connectivity index (χ0n) is 11.7. The number of rotatable bonds is 1. The number of hydrogen-bond acceptors (Lipinski definition) is 4. The molecule has 0 aliphatic heterocycles. The van der Waals surface area contributed by atoms with Gasteiger partial charge in [-0.1, -0.05) is 6.07 Å². The van der Waals surface area contributed by atoms with Gasteiger partial charge in [0, 0.05) is 5.56 Å². The number of nitrogens with zero attached hydrogens (tertiary/aromatic N) is 1. The summed E-state index contributed by atoms with van der Waals surface area (Å²) in [4.78, 5) is 4.90. The van der Waals surface area contributed by atoms with Gasteiger partial charge in [-0.3, -0.25) is 0 Å². The number of aliphatic hydroxyl groups excluding tert-OH is 2. The van der Waals surface area contributed by atoms with Crippen LogP contribution in [0, 0.1) is 11.6 Å². The summed E-state index contributed by atoms with van der Waals surface area (Å²) in [5.74, 6) is -0.828. The molecule has 116 valence electrons. The minimum atomic E-state index is -1.09. The summed E-state index contributed by atoms with van der Waals surface area (Å²) in [6.45, 7) is 0. The predicted molar refractivity (Wildman–Crippen MR) is 82.0 cm³/mol. The maximum Gasteiger partial charge on any atom is 0.124 e. The Bertz CT molecular complexity index is 892. The van der Waals surface area contributed by atoms with E-state index in [2.05, 4.69) is 4.98 Å². The van der Waals surface area contributed by atoms with Crippen LogP contribution in [0.2, 0.25) is 0 Å². The number of hydrogen-bond donors (Lipinski definition) is 2. The van der Waals surface area contributed by atoms with Crippen molar-refractivity contribution in [1.82, 2.24) is 4.98 Å². The summed E-state index contributed by atoms with van der Waals surface area (Å²) in [6, 6.07) is 9.76. The summed E-state index contributed by atoms with van der Waals surface area (Å²) in [5.41, 5.74) is 1.81. The molecule has 0 fully saturated rings. The first-order chi connectivity index (χ1) is 11.0. The Morgan fingerprint density at radius 3 is 2.30 bits per heavy atom. The van der Waals surface area contributed by atoms with E-state index in [0.29, 0.717) is 32.3 Å². The van der Waals surface area contributed by atoms with Gasteiger partial charge in [-0.15, -0.1) is 11.3 Å². The molecular formula is C17H11F2NO2S. The quantitative estimate of drug-likeness (QED) is 0.717. The first-order valence-electron chi connectivity index (χ1n) is 6.96. The van der Waals surface area contributed by atoms with Gasteiger partial charge < -0.3 is 10.2 Å². The highest BCUT2D eigenvalue weighted by Crippen LogP contribution is 2.45. The van der Waals surface area contributed by atoms with Crippen molar-refractivity contribution in [2.24, 2.45) is 0 Å². The molecule has 1 aliphatic carbocycles. The van der Waals surface area contributed by atoms with E-state index in [1.54, 1.807) is 12.1 Å². The maximum atomic E-state index is 13.4. The third-order valence-electron chi connectivity index (χ3n) is 3.92. The van der Waals surface area contributed by atoms with Gasteiger partial charge in [0.25, 0.3) is 0 Å². The minimum Gasteiger partial charge on any atom is -0.383 e. The molecule has 0 bridgehead atoms. The molecule has 2 N–H and O–H groups in total. The van der Waals surface area contributed by atoms with Crippen LogP contribution >= 0.6 is 11.3 Å². The van der Waals surface area contributed by atoms with Gasteiger partial charge in [0.05, 0.1) is 10.6 Å². The zero-order chi connectivity index (χ0) is 16.1. The molecule has 3 aromatic rings. The third-order valence-corrected chi connectivity index (χ3v) is 5.09. The van der Waals surface area contributed by atoms with Crippen LogP contribution in [-0.4, -0.2) is 15.2 Å². The molecule has 0 amide bonds. The van der Waals surface area contributed by atoms with E-state index in [0.717, 1.165) is 0 Å². The van der Waals surface area contributed by atoms with E-state index in [1.165, 1.54) is 41.7 Å². The van der Waals surface area contributed by atoms with Gasteiger partial charge in [-0.2, -0.15) is 0 Å². The highest BCUT2D eigenvalue weighted by Gasteiger charge is 2.34. The lowest BCUT2D eigenvalue weighted by molar-refractivity contribution is 0.173. The Balaban J connectivity index is 1.84. The fraction of sp³-hybridized carbons (Fsp3) is 0.118. The van der Waals surface area contributed by atoms with Crippen molar-refractivity contribution in [3.05, 3.63) is 75.8 Å². The minimum absolute atomic E-state index is 0.319. The van der Waals surface area contributed by atoms with Gasteiger partial charge in [0.2, 0.25) is 0 Å². The molecule has 0 saturated heterocycles. The van der Waals surface area contributed by atoms with Crippen LogP contribution in [0.3, 0.4) is 0 Å². The number of benzene rings is 2. The van der Waals surface area contributed by atoms with Crippen LogP contribution in [0.1, 0.15) is 33.9 Å². The van der Waals surface area contributed by atoms with Crippen molar-refractivity contribution < 1.29 is 19.0 Å². The second-order valence-corrected chi connectivity index (χ2v) is 6.38. The Morgan fingerprint density at radius 2 is 1.57 bits per heavy atom. The van der Waals surface area contributed by atoms with Crippen molar-refractivity contribution in [1.29, 1.82) is 0 Å². The smallest absolute Gasteiger partial charge is 0.124 e. The van der Waals surface area contributed by atoms with Crippen LogP contribution < -0.4 is 0 Å². The molecular weight excluding hydrogens is 320 g/mol. The van der Waals surface area contributed by atoms with Crippen molar-refractivity contribution in [2.75, 3.05) is 0 Å². The number of aromatic nitrogens is 1. The summed E-state index contributed by atoms with van der Waals surface area (Å²) >= 11 is 1.24. The lowest BCUT2D eigenvalue weighted by Gasteiger charge is -2.24. The van der Waals surface area contributed by atoms with E-state index in [-0.39, 0.29) is 5.82 Å². The monoisotopic (exact) mass is 331 g/mol. The third kappa shape index (κ3) is 2.26. The lowest BCUT2D eigenvalue weighted by atomic mass is 9.89. The molecule has 3 nitrogen and oxygen atoms in total. The fourth-order valence-corrected chi connectivity index (χ4v) is 3.88.